The molecule has 0 saturated carbocycles. The van der Waals surface area contributed by atoms with Gasteiger partial charge >= 0.3 is 5.97 Å². The number of rotatable bonds is 4. The van der Waals surface area contributed by atoms with Crippen molar-refractivity contribution in [2.75, 3.05) is 5.32 Å². The second-order valence-electron chi connectivity index (χ2n) is 4.02. The number of phenolic OH excluding ortho intramolecular Hbond substituents is 1. The zero-order chi connectivity index (χ0) is 13.8. The van der Waals surface area contributed by atoms with Gasteiger partial charge in [0, 0.05) is 17.8 Å². The minimum atomic E-state index is -1.19. The molecular weight excluding hydrogens is 246 g/mol. The lowest BCUT2D eigenvalue weighted by atomic mass is 10.1. The number of benzene rings is 2. The lowest BCUT2D eigenvalue weighted by molar-refractivity contribution is 0.0694. The van der Waals surface area contributed by atoms with E-state index in [0.29, 0.717) is 17.8 Å². The maximum atomic E-state index is 10.9. The standard InChI is InChI=1S/C14H13NO4/c16-12-4-2-1-3-9(12)8-15-10-5-6-13(17)11(7-10)14(18)19/h1-7,15-17H,8H2,(H,18,19). The van der Waals surface area contributed by atoms with Gasteiger partial charge in [0.05, 0.1) is 0 Å². The van der Waals surface area contributed by atoms with Crippen molar-refractivity contribution in [3.05, 3.63) is 53.6 Å². The van der Waals surface area contributed by atoms with Gasteiger partial charge in [-0.2, -0.15) is 0 Å². The van der Waals surface area contributed by atoms with Gasteiger partial charge in [0.25, 0.3) is 0 Å². The first kappa shape index (κ1) is 12.8. The molecule has 0 saturated heterocycles. The molecule has 2 rings (SSSR count). The quantitative estimate of drug-likeness (QED) is 0.633. The Morgan fingerprint density at radius 2 is 1.79 bits per heavy atom. The summed E-state index contributed by atoms with van der Waals surface area (Å²) in [6.07, 6.45) is 0. The molecular formula is C14H13NO4. The third kappa shape index (κ3) is 2.95. The fourth-order valence-electron chi connectivity index (χ4n) is 1.67. The number of aromatic carboxylic acids is 1. The topological polar surface area (TPSA) is 89.8 Å². The molecule has 0 aliphatic rings. The Bertz CT molecular complexity index is 610. The fraction of sp³-hybridized carbons (Fsp3) is 0.0714. The molecule has 0 heterocycles. The van der Waals surface area contributed by atoms with Crippen molar-refractivity contribution in [2.24, 2.45) is 0 Å². The van der Waals surface area contributed by atoms with E-state index in [0.717, 1.165) is 0 Å². The van der Waals surface area contributed by atoms with Crippen molar-refractivity contribution < 1.29 is 20.1 Å². The highest BCUT2D eigenvalue weighted by atomic mass is 16.4. The maximum Gasteiger partial charge on any atom is 0.339 e. The smallest absolute Gasteiger partial charge is 0.339 e. The van der Waals surface area contributed by atoms with Crippen molar-refractivity contribution in [2.45, 2.75) is 6.54 Å². The molecule has 2 aromatic carbocycles. The summed E-state index contributed by atoms with van der Waals surface area (Å²) < 4.78 is 0. The minimum Gasteiger partial charge on any atom is -0.508 e. The van der Waals surface area contributed by atoms with Crippen LogP contribution in [-0.4, -0.2) is 21.3 Å². The lowest BCUT2D eigenvalue weighted by Crippen LogP contribution is -2.02. The maximum absolute atomic E-state index is 10.9. The molecule has 5 nitrogen and oxygen atoms in total. The SMILES string of the molecule is O=C(O)c1cc(NCc2ccccc2O)ccc1O. The predicted molar refractivity (Wildman–Crippen MR) is 70.5 cm³/mol. The number of carboxylic acid groups (broad SMARTS) is 1. The van der Waals surface area contributed by atoms with Crippen LogP contribution in [-0.2, 0) is 6.54 Å². The Balaban J connectivity index is 2.14. The molecule has 98 valence electrons. The molecule has 19 heavy (non-hydrogen) atoms. The molecule has 0 spiro atoms. The number of carbonyl (C=O) groups is 1. The van der Waals surface area contributed by atoms with Crippen molar-refractivity contribution in [1.82, 2.24) is 0 Å². The summed E-state index contributed by atoms with van der Waals surface area (Å²) in [4.78, 5) is 10.9. The monoisotopic (exact) mass is 259 g/mol. The summed E-state index contributed by atoms with van der Waals surface area (Å²) in [5.74, 6) is -1.29. The number of carboxylic acids is 1. The van der Waals surface area contributed by atoms with Gasteiger partial charge in [-0.05, 0) is 24.3 Å². The molecule has 0 amide bonds. The molecule has 4 N–H and O–H groups in total. The number of aromatic hydroxyl groups is 2. The van der Waals surface area contributed by atoms with Crippen LogP contribution in [0.15, 0.2) is 42.5 Å². The number of anilines is 1. The van der Waals surface area contributed by atoms with E-state index in [9.17, 15) is 15.0 Å². The van der Waals surface area contributed by atoms with Gasteiger partial charge in [-0.3, -0.25) is 0 Å². The number of nitrogens with one attached hydrogen (secondary N) is 1. The molecule has 0 aliphatic carbocycles. The zero-order valence-electron chi connectivity index (χ0n) is 10.00. The van der Waals surface area contributed by atoms with E-state index in [1.165, 1.54) is 12.1 Å². The summed E-state index contributed by atoms with van der Waals surface area (Å²) in [7, 11) is 0. The fourth-order valence-corrected chi connectivity index (χ4v) is 1.67. The van der Waals surface area contributed by atoms with Crippen molar-refractivity contribution >= 4 is 11.7 Å². The third-order valence-corrected chi connectivity index (χ3v) is 2.70. The largest absolute Gasteiger partial charge is 0.508 e. The predicted octanol–water partition coefficient (Wildman–Crippen LogP) is 2.41. The van der Waals surface area contributed by atoms with E-state index in [2.05, 4.69) is 5.32 Å². The Morgan fingerprint density at radius 3 is 2.47 bits per heavy atom. The van der Waals surface area contributed by atoms with Gasteiger partial charge in [0.2, 0.25) is 0 Å². The van der Waals surface area contributed by atoms with E-state index < -0.39 is 5.97 Å². The average molecular weight is 259 g/mol. The van der Waals surface area contributed by atoms with Crippen LogP contribution >= 0.6 is 0 Å². The highest BCUT2D eigenvalue weighted by Crippen LogP contribution is 2.23. The first-order chi connectivity index (χ1) is 9.08. The summed E-state index contributed by atoms with van der Waals surface area (Å²) >= 11 is 0. The van der Waals surface area contributed by atoms with Gasteiger partial charge in [-0.25, -0.2) is 4.79 Å². The van der Waals surface area contributed by atoms with E-state index in [-0.39, 0.29) is 17.1 Å². The van der Waals surface area contributed by atoms with Crippen molar-refractivity contribution in [3.63, 3.8) is 0 Å². The zero-order valence-corrected chi connectivity index (χ0v) is 10.00. The Hall–Kier alpha value is -2.69. The highest BCUT2D eigenvalue weighted by Gasteiger charge is 2.10. The Labute approximate surface area is 109 Å². The molecule has 0 fully saturated rings. The molecule has 0 aliphatic heterocycles. The normalized spacial score (nSPS) is 10.1. The van der Waals surface area contributed by atoms with Crippen molar-refractivity contribution in [3.8, 4) is 11.5 Å². The summed E-state index contributed by atoms with van der Waals surface area (Å²) in [5, 5.41) is 30.9. The Kier molecular flexibility index (Phi) is 3.56. The van der Waals surface area contributed by atoms with Crippen LogP contribution in [0.5, 0.6) is 11.5 Å². The van der Waals surface area contributed by atoms with Crippen LogP contribution in [0.1, 0.15) is 15.9 Å². The number of hydrogen-bond donors (Lipinski definition) is 4. The molecule has 0 unspecified atom stereocenters. The molecule has 5 heteroatoms. The van der Waals surface area contributed by atoms with Gasteiger partial charge in [-0.15, -0.1) is 0 Å². The number of para-hydroxylation sites is 1. The summed E-state index contributed by atoms with van der Waals surface area (Å²) in [6.45, 7) is 0.358. The number of phenols is 2. The van der Waals surface area contributed by atoms with Gasteiger partial charge < -0.3 is 20.6 Å². The lowest BCUT2D eigenvalue weighted by Gasteiger charge is -2.09. The van der Waals surface area contributed by atoms with Crippen LogP contribution in [0.4, 0.5) is 5.69 Å². The molecule has 0 atom stereocenters. The van der Waals surface area contributed by atoms with Gasteiger partial charge in [0.15, 0.2) is 0 Å². The van der Waals surface area contributed by atoms with E-state index >= 15 is 0 Å². The van der Waals surface area contributed by atoms with Crippen LogP contribution in [0.25, 0.3) is 0 Å². The van der Waals surface area contributed by atoms with Crippen LogP contribution < -0.4 is 5.32 Å². The highest BCUT2D eigenvalue weighted by molar-refractivity contribution is 5.92. The van der Waals surface area contributed by atoms with Gasteiger partial charge in [-0.1, -0.05) is 18.2 Å². The van der Waals surface area contributed by atoms with Crippen LogP contribution in [0.2, 0.25) is 0 Å². The first-order valence-corrected chi connectivity index (χ1v) is 5.65. The average Bonchev–Trinajstić information content (AvgIpc) is 2.39. The van der Waals surface area contributed by atoms with E-state index in [4.69, 9.17) is 5.11 Å². The van der Waals surface area contributed by atoms with Crippen LogP contribution in [0.3, 0.4) is 0 Å². The Morgan fingerprint density at radius 1 is 1.05 bits per heavy atom. The first-order valence-electron chi connectivity index (χ1n) is 5.65. The number of hydrogen-bond acceptors (Lipinski definition) is 4. The molecule has 2 aromatic rings. The van der Waals surface area contributed by atoms with Crippen molar-refractivity contribution in [1.29, 1.82) is 0 Å². The van der Waals surface area contributed by atoms with E-state index in [1.54, 1.807) is 30.3 Å². The molecule has 0 bridgehead atoms. The minimum absolute atomic E-state index is 0.165. The third-order valence-electron chi connectivity index (χ3n) is 2.70. The molecule has 0 radical (unpaired) electrons. The van der Waals surface area contributed by atoms with Gasteiger partial charge in [0.1, 0.15) is 17.1 Å². The summed E-state index contributed by atoms with van der Waals surface area (Å²) in [6, 6.07) is 11.1. The molecule has 0 aromatic heterocycles. The second kappa shape index (κ2) is 5.30. The summed E-state index contributed by atoms with van der Waals surface area (Å²) in [5.41, 5.74) is 1.09. The van der Waals surface area contributed by atoms with Crippen LogP contribution in [0, 0.1) is 0 Å². The second-order valence-corrected chi connectivity index (χ2v) is 4.02. The van der Waals surface area contributed by atoms with E-state index in [1.807, 2.05) is 0 Å².